The van der Waals surface area contributed by atoms with Crippen molar-refractivity contribution in [2.75, 3.05) is 0 Å². The fourth-order valence-corrected chi connectivity index (χ4v) is 2.07. The maximum Gasteiger partial charge on any atom is 0.197 e. The molecule has 0 saturated carbocycles. The SMILES string of the molecule is CC1CC=CC1C(Cl)(Cl)Cl. The largest absolute Gasteiger partial charge is 0.197 e. The summed E-state index contributed by atoms with van der Waals surface area (Å²) in [5.74, 6) is 0.560. The lowest BCUT2D eigenvalue weighted by Gasteiger charge is -2.22. The van der Waals surface area contributed by atoms with Gasteiger partial charge in [-0.3, -0.25) is 0 Å². The summed E-state index contributed by atoms with van der Waals surface area (Å²) in [7, 11) is 0. The van der Waals surface area contributed by atoms with E-state index >= 15 is 0 Å². The van der Waals surface area contributed by atoms with Crippen LogP contribution in [0, 0.1) is 11.8 Å². The highest BCUT2D eigenvalue weighted by Gasteiger charge is 2.36. The molecule has 0 N–H and O–H groups in total. The molecule has 0 spiro atoms. The normalized spacial score (nSPS) is 33.2. The van der Waals surface area contributed by atoms with Crippen LogP contribution in [0.2, 0.25) is 0 Å². The van der Waals surface area contributed by atoms with Crippen molar-refractivity contribution >= 4 is 34.8 Å². The lowest BCUT2D eigenvalue weighted by atomic mass is 10.00. The van der Waals surface area contributed by atoms with Crippen LogP contribution in [0.3, 0.4) is 0 Å². The van der Waals surface area contributed by atoms with Gasteiger partial charge in [-0.2, -0.15) is 0 Å². The Hall–Kier alpha value is 0.610. The van der Waals surface area contributed by atoms with E-state index in [4.69, 9.17) is 34.8 Å². The van der Waals surface area contributed by atoms with Crippen molar-refractivity contribution in [3.05, 3.63) is 12.2 Å². The molecule has 0 aromatic carbocycles. The molecule has 2 atom stereocenters. The van der Waals surface area contributed by atoms with Gasteiger partial charge in [0.1, 0.15) is 0 Å². The Labute approximate surface area is 76.1 Å². The molecule has 3 heteroatoms. The van der Waals surface area contributed by atoms with E-state index in [0.29, 0.717) is 5.92 Å². The van der Waals surface area contributed by atoms with Crippen molar-refractivity contribution in [1.82, 2.24) is 0 Å². The van der Waals surface area contributed by atoms with Crippen LogP contribution in [0.25, 0.3) is 0 Å². The van der Waals surface area contributed by atoms with E-state index in [0.717, 1.165) is 6.42 Å². The molecule has 1 aliphatic carbocycles. The van der Waals surface area contributed by atoms with Crippen LogP contribution >= 0.6 is 34.8 Å². The summed E-state index contributed by atoms with van der Waals surface area (Å²) in [6, 6.07) is 0. The summed E-state index contributed by atoms with van der Waals surface area (Å²) in [4.78, 5) is 0. The number of alkyl halides is 3. The van der Waals surface area contributed by atoms with Gasteiger partial charge < -0.3 is 0 Å². The van der Waals surface area contributed by atoms with Crippen LogP contribution in [0.1, 0.15) is 13.3 Å². The summed E-state index contributed by atoms with van der Waals surface area (Å²) in [6.07, 6.45) is 5.08. The van der Waals surface area contributed by atoms with Crippen molar-refractivity contribution in [3.63, 3.8) is 0 Å². The van der Waals surface area contributed by atoms with Gasteiger partial charge in [-0.1, -0.05) is 53.9 Å². The molecule has 2 unspecified atom stereocenters. The van der Waals surface area contributed by atoms with Gasteiger partial charge in [0.25, 0.3) is 0 Å². The average Bonchev–Trinajstić information content (AvgIpc) is 2.11. The molecule has 1 rings (SSSR count). The van der Waals surface area contributed by atoms with Crippen LogP contribution in [0.5, 0.6) is 0 Å². The average molecular weight is 200 g/mol. The van der Waals surface area contributed by atoms with E-state index in [1.54, 1.807) is 0 Å². The first-order valence-electron chi connectivity index (χ1n) is 3.25. The zero-order valence-electron chi connectivity index (χ0n) is 5.65. The predicted molar refractivity (Wildman–Crippen MR) is 46.7 cm³/mol. The van der Waals surface area contributed by atoms with Crippen molar-refractivity contribution in [2.45, 2.75) is 17.1 Å². The molecule has 0 aromatic rings. The zero-order chi connectivity index (χ0) is 7.78. The standard InChI is InChI=1S/C7H9Cl3/c1-5-3-2-4-6(5)7(8,9)10/h2,4-6H,3H2,1H3. The molecule has 0 radical (unpaired) electrons. The highest BCUT2D eigenvalue weighted by Crippen LogP contribution is 2.43. The molecule has 10 heavy (non-hydrogen) atoms. The van der Waals surface area contributed by atoms with Crippen LogP contribution in [-0.2, 0) is 0 Å². The zero-order valence-corrected chi connectivity index (χ0v) is 7.92. The Balaban J connectivity index is 2.64. The number of rotatable bonds is 0. The van der Waals surface area contributed by atoms with E-state index in [1.807, 2.05) is 6.08 Å². The summed E-state index contributed by atoms with van der Waals surface area (Å²) in [6.45, 7) is 2.09. The van der Waals surface area contributed by atoms with E-state index < -0.39 is 3.79 Å². The Kier molecular flexibility index (Phi) is 2.54. The van der Waals surface area contributed by atoms with Gasteiger partial charge in [0.2, 0.25) is 0 Å². The van der Waals surface area contributed by atoms with E-state index in [2.05, 4.69) is 13.0 Å². The van der Waals surface area contributed by atoms with E-state index in [-0.39, 0.29) is 5.92 Å². The molecule has 0 aliphatic heterocycles. The first kappa shape index (κ1) is 8.70. The molecular weight excluding hydrogens is 190 g/mol. The smallest absolute Gasteiger partial charge is 0.0878 e. The number of halogens is 3. The molecule has 0 heterocycles. The Morgan fingerprint density at radius 1 is 1.40 bits per heavy atom. The Morgan fingerprint density at radius 2 is 2.00 bits per heavy atom. The van der Waals surface area contributed by atoms with Gasteiger partial charge >= 0.3 is 0 Å². The van der Waals surface area contributed by atoms with Crippen LogP contribution in [-0.4, -0.2) is 3.79 Å². The minimum atomic E-state index is -1.12. The maximum absolute atomic E-state index is 5.71. The third kappa shape index (κ3) is 1.81. The molecule has 1 aliphatic rings. The van der Waals surface area contributed by atoms with Crippen molar-refractivity contribution in [1.29, 1.82) is 0 Å². The molecular formula is C7H9Cl3. The second-order valence-electron chi connectivity index (χ2n) is 2.71. The monoisotopic (exact) mass is 198 g/mol. The fraction of sp³-hybridized carbons (Fsp3) is 0.714. The first-order valence-corrected chi connectivity index (χ1v) is 4.38. The first-order chi connectivity index (χ1) is 4.52. The molecule has 58 valence electrons. The van der Waals surface area contributed by atoms with Gasteiger partial charge in [0.15, 0.2) is 3.79 Å². The van der Waals surface area contributed by atoms with E-state index in [1.165, 1.54) is 0 Å². The lowest BCUT2D eigenvalue weighted by Crippen LogP contribution is -2.20. The second-order valence-corrected chi connectivity index (χ2v) is 5.08. The number of hydrogen-bond acceptors (Lipinski definition) is 0. The summed E-state index contributed by atoms with van der Waals surface area (Å²) >= 11 is 17.1. The third-order valence-electron chi connectivity index (χ3n) is 1.84. The fourth-order valence-electron chi connectivity index (χ4n) is 1.21. The highest BCUT2D eigenvalue weighted by atomic mass is 35.6. The second kappa shape index (κ2) is 2.92. The topological polar surface area (TPSA) is 0 Å². The minimum absolute atomic E-state index is 0.0949. The van der Waals surface area contributed by atoms with Crippen LogP contribution in [0.15, 0.2) is 12.2 Å². The van der Waals surface area contributed by atoms with Crippen molar-refractivity contribution in [2.24, 2.45) is 11.8 Å². The Bertz CT molecular complexity index is 145. The van der Waals surface area contributed by atoms with Crippen molar-refractivity contribution in [3.8, 4) is 0 Å². The van der Waals surface area contributed by atoms with Gasteiger partial charge in [-0.05, 0) is 12.3 Å². The van der Waals surface area contributed by atoms with E-state index in [9.17, 15) is 0 Å². The highest BCUT2D eigenvalue weighted by molar-refractivity contribution is 6.67. The summed E-state index contributed by atoms with van der Waals surface area (Å²) in [5.41, 5.74) is 0. The minimum Gasteiger partial charge on any atom is -0.0878 e. The van der Waals surface area contributed by atoms with Crippen molar-refractivity contribution < 1.29 is 0 Å². The third-order valence-corrected chi connectivity index (χ3v) is 2.60. The van der Waals surface area contributed by atoms with Crippen LogP contribution in [0.4, 0.5) is 0 Å². The van der Waals surface area contributed by atoms with Gasteiger partial charge in [-0.15, -0.1) is 0 Å². The van der Waals surface area contributed by atoms with Gasteiger partial charge in [0.05, 0.1) is 0 Å². The van der Waals surface area contributed by atoms with Crippen LogP contribution < -0.4 is 0 Å². The molecule has 0 nitrogen and oxygen atoms in total. The molecule has 0 aromatic heterocycles. The number of allylic oxidation sites excluding steroid dienone is 2. The lowest BCUT2D eigenvalue weighted by molar-refractivity contribution is 0.469. The summed E-state index contributed by atoms with van der Waals surface area (Å²) in [5, 5.41) is 0. The quantitative estimate of drug-likeness (QED) is 0.413. The molecule has 0 saturated heterocycles. The number of hydrogen-bond donors (Lipinski definition) is 0. The Morgan fingerprint density at radius 3 is 2.20 bits per heavy atom. The predicted octanol–water partition coefficient (Wildman–Crippen LogP) is 3.57. The van der Waals surface area contributed by atoms with Gasteiger partial charge in [-0.25, -0.2) is 0 Å². The maximum atomic E-state index is 5.71. The molecule has 0 amide bonds. The molecule has 0 fully saturated rings. The van der Waals surface area contributed by atoms with Gasteiger partial charge in [0, 0.05) is 5.92 Å². The molecule has 0 bridgehead atoms. The summed E-state index contributed by atoms with van der Waals surface area (Å²) < 4.78 is -1.12.